The van der Waals surface area contributed by atoms with Crippen LogP contribution in [0.2, 0.25) is 0 Å². The maximum absolute atomic E-state index is 9.53. The molecule has 3 nitrogen and oxygen atoms in total. The van der Waals surface area contributed by atoms with Gasteiger partial charge in [0.15, 0.2) is 0 Å². The first-order valence-corrected chi connectivity index (χ1v) is 7.60. The lowest BCUT2D eigenvalue weighted by Crippen LogP contribution is -2.52. The number of rotatable bonds is 4. The first-order valence-electron chi connectivity index (χ1n) is 7.60. The summed E-state index contributed by atoms with van der Waals surface area (Å²) in [5.41, 5.74) is 0.906. The lowest BCUT2D eigenvalue weighted by Gasteiger charge is -2.44. The molecular formula is C17H22N2O. The van der Waals surface area contributed by atoms with E-state index in [1.807, 2.05) is 18.2 Å². The smallest absolute Gasteiger partial charge is 0.0852 e. The molecule has 1 unspecified atom stereocenters. The highest BCUT2D eigenvalue weighted by Gasteiger charge is 2.45. The maximum atomic E-state index is 9.53. The molecule has 0 aromatic heterocycles. The molecule has 1 aliphatic heterocycles. The Morgan fingerprint density at radius 2 is 2.10 bits per heavy atom. The number of nitrogens with one attached hydrogen (secondary N) is 1. The third-order valence-corrected chi connectivity index (χ3v) is 4.68. The number of benzene rings is 1. The molecule has 1 atom stereocenters. The molecule has 1 aromatic carbocycles. The van der Waals surface area contributed by atoms with Crippen LogP contribution in [0.5, 0.6) is 0 Å². The molecule has 2 fully saturated rings. The van der Waals surface area contributed by atoms with Crippen molar-refractivity contribution in [3.8, 4) is 6.07 Å². The topological polar surface area (TPSA) is 45.0 Å². The van der Waals surface area contributed by atoms with E-state index >= 15 is 0 Å². The van der Waals surface area contributed by atoms with Gasteiger partial charge in [-0.15, -0.1) is 0 Å². The lowest BCUT2D eigenvalue weighted by atomic mass is 9.62. The number of nitriles is 1. The third kappa shape index (κ3) is 2.72. The summed E-state index contributed by atoms with van der Waals surface area (Å²) in [7, 11) is 0. The van der Waals surface area contributed by atoms with E-state index in [9.17, 15) is 5.26 Å². The van der Waals surface area contributed by atoms with Crippen molar-refractivity contribution in [1.82, 2.24) is 5.32 Å². The van der Waals surface area contributed by atoms with E-state index in [0.717, 1.165) is 32.6 Å². The van der Waals surface area contributed by atoms with Gasteiger partial charge < -0.3 is 10.1 Å². The highest BCUT2D eigenvalue weighted by atomic mass is 16.5. The Labute approximate surface area is 120 Å². The molecule has 1 heterocycles. The molecule has 0 bridgehead atoms. The Morgan fingerprint density at radius 1 is 1.30 bits per heavy atom. The van der Waals surface area contributed by atoms with Gasteiger partial charge >= 0.3 is 0 Å². The Hall–Kier alpha value is -1.37. The summed E-state index contributed by atoms with van der Waals surface area (Å²) in [6, 6.07) is 13.2. The average Bonchev–Trinajstić information content (AvgIpc) is 2.48. The SMILES string of the molecule is N#CC1(c2ccccc2)CC(NCC2CCCOC2)C1. The van der Waals surface area contributed by atoms with E-state index in [0.29, 0.717) is 12.0 Å². The van der Waals surface area contributed by atoms with Crippen molar-refractivity contribution in [2.75, 3.05) is 19.8 Å². The van der Waals surface area contributed by atoms with Crippen molar-refractivity contribution in [3.63, 3.8) is 0 Å². The van der Waals surface area contributed by atoms with Crippen LogP contribution in [0.3, 0.4) is 0 Å². The fourth-order valence-corrected chi connectivity index (χ4v) is 3.38. The van der Waals surface area contributed by atoms with Gasteiger partial charge in [-0.25, -0.2) is 0 Å². The first kappa shape index (κ1) is 13.6. The Bertz CT molecular complexity index is 468. The second-order valence-corrected chi connectivity index (χ2v) is 6.16. The van der Waals surface area contributed by atoms with Gasteiger partial charge in [-0.3, -0.25) is 0 Å². The molecule has 0 spiro atoms. The van der Waals surface area contributed by atoms with Gasteiger partial charge in [0, 0.05) is 19.2 Å². The van der Waals surface area contributed by atoms with Crippen LogP contribution < -0.4 is 5.32 Å². The van der Waals surface area contributed by atoms with Crippen LogP contribution in [0.15, 0.2) is 30.3 Å². The molecule has 0 radical (unpaired) electrons. The molecule has 2 aliphatic rings. The van der Waals surface area contributed by atoms with E-state index in [1.165, 1.54) is 18.4 Å². The Morgan fingerprint density at radius 3 is 2.75 bits per heavy atom. The summed E-state index contributed by atoms with van der Waals surface area (Å²) in [5, 5.41) is 13.1. The summed E-state index contributed by atoms with van der Waals surface area (Å²) in [6.45, 7) is 2.84. The second-order valence-electron chi connectivity index (χ2n) is 6.16. The molecule has 1 N–H and O–H groups in total. The summed E-state index contributed by atoms with van der Waals surface area (Å²) in [5.74, 6) is 0.651. The van der Waals surface area contributed by atoms with Gasteiger partial charge in [-0.1, -0.05) is 30.3 Å². The zero-order chi connectivity index (χ0) is 13.8. The van der Waals surface area contributed by atoms with Crippen molar-refractivity contribution in [2.24, 2.45) is 5.92 Å². The van der Waals surface area contributed by atoms with Gasteiger partial charge in [-0.2, -0.15) is 5.26 Å². The van der Waals surface area contributed by atoms with Crippen LogP contribution in [0.1, 0.15) is 31.2 Å². The Balaban J connectivity index is 1.51. The number of hydrogen-bond donors (Lipinski definition) is 1. The minimum absolute atomic E-state index is 0.262. The predicted octanol–water partition coefficient (Wildman–Crippen LogP) is 2.63. The van der Waals surface area contributed by atoms with Crippen LogP contribution in [0, 0.1) is 17.2 Å². The van der Waals surface area contributed by atoms with Gasteiger partial charge in [0.1, 0.15) is 0 Å². The number of hydrogen-bond acceptors (Lipinski definition) is 3. The van der Waals surface area contributed by atoms with Crippen molar-refractivity contribution >= 4 is 0 Å². The third-order valence-electron chi connectivity index (χ3n) is 4.68. The largest absolute Gasteiger partial charge is 0.381 e. The minimum atomic E-state index is -0.262. The molecule has 3 heteroatoms. The molecule has 3 rings (SSSR count). The van der Waals surface area contributed by atoms with E-state index in [2.05, 4.69) is 23.5 Å². The van der Waals surface area contributed by atoms with Crippen LogP contribution in [-0.2, 0) is 10.2 Å². The standard InChI is InChI=1S/C17H22N2O/c18-13-17(15-6-2-1-3-7-15)9-16(10-17)19-11-14-5-4-8-20-12-14/h1-3,6-7,14,16,19H,4-5,8-12H2. The van der Waals surface area contributed by atoms with Crippen molar-refractivity contribution in [1.29, 1.82) is 5.26 Å². The second kappa shape index (κ2) is 5.95. The van der Waals surface area contributed by atoms with E-state index in [1.54, 1.807) is 0 Å². The van der Waals surface area contributed by atoms with E-state index in [-0.39, 0.29) is 5.41 Å². The zero-order valence-corrected chi connectivity index (χ0v) is 11.8. The van der Waals surface area contributed by atoms with Crippen LogP contribution >= 0.6 is 0 Å². The van der Waals surface area contributed by atoms with Crippen LogP contribution in [0.4, 0.5) is 0 Å². The van der Waals surface area contributed by atoms with E-state index in [4.69, 9.17) is 4.74 Å². The molecule has 20 heavy (non-hydrogen) atoms. The molecule has 1 aromatic rings. The van der Waals surface area contributed by atoms with Crippen LogP contribution in [0.25, 0.3) is 0 Å². The summed E-state index contributed by atoms with van der Waals surface area (Å²) in [4.78, 5) is 0. The van der Waals surface area contributed by atoms with Gasteiger partial charge in [0.2, 0.25) is 0 Å². The first-order chi connectivity index (χ1) is 9.82. The quantitative estimate of drug-likeness (QED) is 0.914. The monoisotopic (exact) mass is 270 g/mol. The highest BCUT2D eigenvalue weighted by Crippen LogP contribution is 2.43. The molecule has 106 valence electrons. The summed E-state index contributed by atoms with van der Waals surface area (Å²) >= 11 is 0. The molecule has 1 saturated carbocycles. The van der Waals surface area contributed by atoms with E-state index < -0.39 is 0 Å². The fourth-order valence-electron chi connectivity index (χ4n) is 3.38. The Kier molecular flexibility index (Phi) is 4.05. The van der Waals surface area contributed by atoms with Gasteiger partial charge in [0.25, 0.3) is 0 Å². The number of ether oxygens (including phenoxy) is 1. The van der Waals surface area contributed by atoms with Gasteiger partial charge in [-0.05, 0) is 37.2 Å². The average molecular weight is 270 g/mol. The van der Waals surface area contributed by atoms with Crippen molar-refractivity contribution < 1.29 is 4.74 Å². The lowest BCUT2D eigenvalue weighted by molar-refractivity contribution is 0.0512. The summed E-state index contributed by atoms with van der Waals surface area (Å²) < 4.78 is 5.51. The molecular weight excluding hydrogens is 248 g/mol. The maximum Gasteiger partial charge on any atom is 0.0852 e. The highest BCUT2D eigenvalue weighted by molar-refractivity contribution is 5.36. The molecule has 1 aliphatic carbocycles. The van der Waals surface area contributed by atoms with Crippen LogP contribution in [-0.4, -0.2) is 25.8 Å². The summed E-state index contributed by atoms with van der Waals surface area (Å²) in [6.07, 6.45) is 4.31. The van der Waals surface area contributed by atoms with Crippen molar-refractivity contribution in [2.45, 2.75) is 37.1 Å². The normalized spacial score (nSPS) is 33.1. The predicted molar refractivity (Wildman–Crippen MR) is 78.3 cm³/mol. The minimum Gasteiger partial charge on any atom is -0.381 e. The molecule has 1 saturated heterocycles. The van der Waals surface area contributed by atoms with Crippen molar-refractivity contribution in [3.05, 3.63) is 35.9 Å². The van der Waals surface area contributed by atoms with Gasteiger partial charge in [0.05, 0.1) is 18.1 Å². The fraction of sp³-hybridized carbons (Fsp3) is 0.588. The number of nitrogens with zero attached hydrogens (tertiary/aromatic N) is 1. The molecule has 0 amide bonds. The zero-order valence-electron chi connectivity index (χ0n) is 11.8.